The first-order valence-corrected chi connectivity index (χ1v) is 12.7. The summed E-state index contributed by atoms with van der Waals surface area (Å²) in [6.07, 6.45) is 1.70. The molecule has 1 aliphatic rings. The molecule has 1 amide bonds. The summed E-state index contributed by atoms with van der Waals surface area (Å²) in [6.45, 7) is 10.5. The molecule has 4 rings (SSSR count). The molecule has 1 aromatic carbocycles. The second-order valence-corrected chi connectivity index (χ2v) is 9.67. The second kappa shape index (κ2) is 11.6. The number of aryl methyl sites for hydroxylation is 2. The maximum absolute atomic E-state index is 13.4. The minimum Gasteiger partial charge on any atom is -0.487 e. The summed E-state index contributed by atoms with van der Waals surface area (Å²) in [5.41, 5.74) is 2.32. The van der Waals surface area contributed by atoms with E-state index in [2.05, 4.69) is 15.2 Å². The molecule has 1 aliphatic heterocycles. The maximum atomic E-state index is 13.4. The van der Waals surface area contributed by atoms with E-state index < -0.39 is 5.91 Å². The first-order chi connectivity index (χ1) is 16.9. The van der Waals surface area contributed by atoms with E-state index in [-0.39, 0.29) is 23.6 Å². The number of nitrogens with one attached hydrogen (secondary N) is 1. The SMILES string of the molecule is Cc1ccc(OCc2c(C(=O)N[C@@H](C)c3nccs3)c(=O)cc(C)n2CCN2CCOCC2)cc1. The molecule has 2 aromatic heterocycles. The third-order valence-corrected chi connectivity index (χ3v) is 7.12. The Bertz CT molecular complexity index is 1190. The number of aromatic nitrogens is 2. The van der Waals surface area contributed by atoms with Crippen LogP contribution in [0, 0.1) is 13.8 Å². The lowest BCUT2D eigenvalue weighted by Gasteiger charge is -2.28. The van der Waals surface area contributed by atoms with Gasteiger partial charge in [-0.15, -0.1) is 11.3 Å². The highest BCUT2D eigenvalue weighted by Crippen LogP contribution is 2.19. The number of carbonyl (C=O) groups is 1. The highest BCUT2D eigenvalue weighted by Gasteiger charge is 2.23. The molecule has 3 heterocycles. The van der Waals surface area contributed by atoms with Gasteiger partial charge in [-0.05, 0) is 32.9 Å². The summed E-state index contributed by atoms with van der Waals surface area (Å²) in [5, 5.41) is 5.60. The Kier molecular flexibility index (Phi) is 8.33. The summed E-state index contributed by atoms with van der Waals surface area (Å²) in [4.78, 5) is 33.1. The van der Waals surface area contributed by atoms with Crippen molar-refractivity contribution in [2.24, 2.45) is 0 Å². The molecule has 0 aliphatic carbocycles. The molecular formula is C26H32N4O4S. The predicted molar refractivity (Wildman–Crippen MR) is 136 cm³/mol. The highest BCUT2D eigenvalue weighted by atomic mass is 32.1. The van der Waals surface area contributed by atoms with Gasteiger partial charge >= 0.3 is 0 Å². The lowest BCUT2D eigenvalue weighted by atomic mass is 10.1. The Morgan fingerprint density at radius 2 is 1.94 bits per heavy atom. The number of morpholine rings is 1. The average Bonchev–Trinajstić information content (AvgIpc) is 3.39. The van der Waals surface area contributed by atoms with E-state index in [0.29, 0.717) is 18.0 Å². The van der Waals surface area contributed by atoms with Crippen LogP contribution in [-0.2, 0) is 17.9 Å². The van der Waals surface area contributed by atoms with Gasteiger partial charge in [0.1, 0.15) is 22.9 Å². The van der Waals surface area contributed by atoms with Gasteiger partial charge in [0.05, 0.1) is 24.9 Å². The molecule has 0 bridgehead atoms. The van der Waals surface area contributed by atoms with Crippen LogP contribution in [0.15, 0.2) is 46.7 Å². The van der Waals surface area contributed by atoms with Crippen molar-refractivity contribution < 1.29 is 14.3 Å². The molecule has 8 nitrogen and oxygen atoms in total. The number of ether oxygens (including phenoxy) is 2. The van der Waals surface area contributed by atoms with Crippen molar-refractivity contribution in [3.8, 4) is 5.75 Å². The van der Waals surface area contributed by atoms with E-state index in [4.69, 9.17) is 9.47 Å². The normalized spacial score (nSPS) is 15.1. The summed E-state index contributed by atoms with van der Waals surface area (Å²) < 4.78 is 13.6. The topological polar surface area (TPSA) is 85.7 Å². The van der Waals surface area contributed by atoms with Gasteiger partial charge in [-0.25, -0.2) is 4.98 Å². The molecular weight excluding hydrogens is 464 g/mol. The first-order valence-electron chi connectivity index (χ1n) is 11.9. The molecule has 0 unspecified atom stereocenters. The molecule has 1 saturated heterocycles. The van der Waals surface area contributed by atoms with Crippen LogP contribution in [0.2, 0.25) is 0 Å². The van der Waals surface area contributed by atoms with E-state index in [1.165, 1.54) is 17.4 Å². The van der Waals surface area contributed by atoms with Gasteiger partial charge in [-0.3, -0.25) is 14.5 Å². The quantitative estimate of drug-likeness (QED) is 0.489. The lowest BCUT2D eigenvalue weighted by molar-refractivity contribution is 0.0361. The number of thiazole rings is 1. The van der Waals surface area contributed by atoms with E-state index >= 15 is 0 Å². The van der Waals surface area contributed by atoms with Gasteiger partial charge in [0, 0.05) is 49.5 Å². The molecule has 0 spiro atoms. The average molecular weight is 497 g/mol. The van der Waals surface area contributed by atoms with Crippen molar-refractivity contribution >= 4 is 17.2 Å². The molecule has 186 valence electrons. The second-order valence-electron chi connectivity index (χ2n) is 8.74. The Balaban J connectivity index is 1.64. The lowest BCUT2D eigenvalue weighted by Crippen LogP contribution is -2.39. The third kappa shape index (κ3) is 6.36. The number of nitrogens with zero attached hydrogens (tertiary/aromatic N) is 3. The van der Waals surface area contributed by atoms with Crippen LogP contribution in [0.4, 0.5) is 0 Å². The van der Waals surface area contributed by atoms with Crippen molar-refractivity contribution in [2.75, 3.05) is 32.8 Å². The van der Waals surface area contributed by atoms with E-state index in [1.54, 1.807) is 6.20 Å². The Hall–Kier alpha value is -3.01. The van der Waals surface area contributed by atoms with Crippen LogP contribution in [-0.4, -0.2) is 53.2 Å². The molecule has 3 aromatic rings. The molecule has 0 saturated carbocycles. The van der Waals surface area contributed by atoms with Gasteiger partial charge in [-0.1, -0.05) is 17.7 Å². The van der Waals surface area contributed by atoms with Gasteiger partial charge < -0.3 is 19.4 Å². The van der Waals surface area contributed by atoms with Crippen LogP contribution in [0.5, 0.6) is 5.75 Å². The van der Waals surface area contributed by atoms with E-state index in [9.17, 15) is 9.59 Å². The number of hydrogen-bond acceptors (Lipinski definition) is 7. The Morgan fingerprint density at radius 3 is 2.63 bits per heavy atom. The van der Waals surface area contributed by atoms with Crippen molar-refractivity contribution in [3.63, 3.8) is 0 Å². The third-order valence-electron chi connectivity index (χ3n) is 6.16. The van der Waals surface area contributed by atoms with Gasteiger partial charge in [0.2, 0.25) is 0 Å². The molecule has 1 fully saturated rings. The maximum Gasteiger partial charge on any atom is 0.257 e. The zero-order valence-electron chi connectivity index (χ0n) is 20.5. The van der Waals surface area contributed by atoms with Crippen molar-refractivity contribution in [1.82, 2.24) is 19.8 Å². The summed E-state index contributed by atoms with van der Waals surface area (Å²) >= 11 is 1.47. The van der Waals surface area contributed by atoms with Gasteiger partial charge in [0.15, 0.2) is 5.43 Å². The molecule has 0 radical (unpaired) electrons. The zero-order chi connectivity index (χ0) is 24.8. The molecule has 9 heteroatoms. The first kappa shape index (κ1) is 25.1. The van der Waals surface area contributed by atoms with Gasteiger partial charge in [0.25, 0.3) is 5.91 Å². The molecule has 1 N–H and O–H groups in total. The zero-order valence-corrected chi connectivity index (χ0v) is 21.3. The fraction of sp³-hybridized carbons (Fsp3) is 0.423. The van der Waals surface area contributed by atoms with Gasteiger partial charge in [-0.2, -0.15) is 0 Å². The smallest absolute Gasteiger partial charge is 0.257 e. The summed E-state index contributed by atoms with van der Waals surface area (Å²) in [7, 11) is 0. The number of hydrogen-bond donors (Lipinski definition) is 1. The number of pyridine rings is 1. The number of amides is 1. The Morgan fingerprint density at radius 1 is 1.20 bits per heavy atom. The molecule has 1 atom stereocenters. The van der Waals surface area contributed by atoms with Crippen molar-refractivity contribution in [1.29, 1.82) is 0 Å². The largest absolute Gasteiger partial charge is 0.487 e. The van der Waals surface area contributed by atoms with Crippen LogP contribution in [0.25, 0.3) is 0 Å². The fourth-order valence-electron chi connectivity index (χ4n) is 4.17. The number of rotatable bonds is 9. The summed E-state index contributed by atoms with van der Waals surface area (Å²) in [6, 6.07) is 8.96. The van der Waals surface area contributed by atoms with Crippen LogP contribution in [0.3, 0.4) is 0 Å². The standard InChI is InChI=1S/C26H32N4O4S/c1-18-4-6-21(7-5-18)34-17-22-24(25(32)28-20(3)26-27-8-15-35-26)23(31)16-19(2)30(22)10-9-29-11-13-33-14-12-29/h4-8,15-16,20H,9-14,17H2,1-3H3,(H,28,32)/t20-/m0/s1. The minimum absolute atomic E-state index is 0.109. The van der Waals surface area contributed by atoms with E-state index in [0.717, 1.165) is 49.1 Å². The monoisotopic (exact) mass is 496 g/mol. The summed E-state index contributed by atoms with van der Waals surface area (Å²) in [5.74, 6) is 0.270. The number of benzene rings is 1. The highest BCUT2D eigenvalue weighted by molar-refractivity contribution is 7.09. The predicted octanol–water partition coefficient (Wildman–Crippen LogP) is 3.32. The molecule has 35 heavy (non-hydrogen) atoms. The van der Waals surface area contributed by atoms with Crippen molar-refractivity contribution in [2.45, 2.75) is 40.0 Å². The van der Waals surface area contributed by atoms with E-state index in [1.807, 2.05) is 55.0 Å². The van der Waals surface area contributed by atoms with Crippen molar-refractivity contribution in [3.05, 3.63) is 79.7 Å². The van der Waals surface area contributed by atoms with Crippen LogP contribution >= 0.6 is 11.3 Å². The number of carbonyl (C=O) groups excluding carboxylic acids is 1. The fourth-order valence-corrected chi connectivity index (χ4v) is 4.81. The minimum atomic E-state index is -0.416. The Labute approximate surface area is 209 Å². The van der Waals surface area contributed by atoms with Crippen LogP contribution in [0.1, 0.15) is 45.3 Å². The van der Waals surface area contributed by atoms with Crippen LogP contribution < -0.4 is 15.5 Å².